The molecule has 1 aliphatic heterocycles. The van der Waals surface area contributed by atoms with Crippen LogP contribution in [0, 0.1) is 0 Å². The number of halogens is 1. The number of benzene rings is 2. The molecule has 1 heterocycles. The summed E-state index contributed by atoms with van der Waals surface area (Å²) in [5.74, 6) is 6.01. The number of rotatable bonds is 4. The maximum atomic E-state index is 13.1. The third-order valence-corrected chi connectivity index (χ3v) is 6.03. The van der Waals surface area contributed by atoms with Gasteiger partial charge in [-0.25, -0.2) is 5.84 Å². The van der Waals surface area contributed by atoms with Gasteiger partial charge in [-0.1, -0.05) is 23.7 Å². The first kappa shape index (κ1) is 21.1. The van der Waals surface area contributed by atoms with Crippen molar-refractivity contribution in [3.63, 3.8) is 0 Å². The lowest BCUT2D eigenvalue weighted by Crippen LogP contribution is -2.31. The van der Waals surface area contributed by atoms with Crippen LogP contribution in [0.3, 0.4) is 0 Å². The number of allylic oxidation sites excluding steroid dienone is 4. The summed E-state index contributed by atoms with van der Waals surface area (Å²) in [6, 6.07) is 12.4. The van der Waals surface area contributed by atoms with Crippen molar-refractivity contribution in [2.45, 2.75) is 4.90 Å². The molecule has 0 saturated carbocycles. The van der Waals surface area contributed by atoms with E-state index >= 15 is 0 Å². The smallest absolute Gasteiger partial charge is 0.289 e. The topological polar surface area (TPSA) is 125 Å². The summed E-state index contributed by atoms with van der Waals surface area (Å²) in [6.45, 7) is 0.719. The van der Waals surface area contributed by atoms with Crippen molar-refractivity contribution in [2.75, 3.05) is 18.1 Å². The minimum Gasteiger partial charge on any atom is -0.289 e. The first-order chi connectivity index (χ1) is 14.7. The van der Waals surface area contributed by atoms with Gasteiger partial charge in [-0.05, 0) is 59.2 Å². The van der Waals surface area contributed by atoms with Gasteiger partial charge in [0, 0.05) is 16.7 Å². The third-order valence-electron chi connectivity index (χ3n) is 4.91. The molecule has 0 saturated heterocycles. The van der Waals surface area contributed by atoms with Crippen LogP contribution in [0.25, 0.3) is 5.57 Å². The van der Waals surface area contributed by atoms with Crippen molar-refractivity contribution in [1.29, 1.82) is 0 Å². The second-order valence-electron chi connectivity index (χ2n) is 6.91. The van der Waals surface area contributed by atoms with Gasteiger partial charge in [0.05, 0.1) is 29.4 Å². The van der Waals surface area contributed by atoms with Crippen LogP contribution in [0.5, 0.6) is 0 Å². The second-order valence-corrected chi connectivity index (χ2v) is 8.77. The van der Waals surface area contributed by atoms with Gasteiger partial charge >= 0.3 is 0 Å². The normalized spacial score (nSPS) is 16.4. The molecule has 0 amide bonds. The molecule has 1 aliphatic carbocycles. The fourth-order valence-corrected chi connectivity index (χ4v) is 3.97. The van der Waals surface area contributed by atoms with E-state index in [0.717, 1.165) is 11.1 Å². The van der Waals surface area contributed by atoms with E-state index in [1.165, 1.54) is 35.4 Å². The Bertz CT molecular complexity index is 1270. The summed E-state index contributed by atoms with van der Waals surface area (Å²) in [4.78, 5) is 12.8. The fourth-order valence-electron chi connectivity index (χ4n) is 3.37. The Kier molecular flexibility index (Phi) is 5.59. The van der Waals surface area contributed by atoms with Crippen molar-refractivity contribution in [2.24, 2.45) is 16.1 Å². The molecule has 0 fully saturated rings. The highest BCUT2D eigenvalue weighted by Crippen LogP contribution is 2.35. The van der Waals surface area contributed by atoms with Gasteiger partial charge in [0.1, 0.15) is 0 Å². The van der Waals surface area contributed by atoms with Crippen LogP contribution in [0.4, 0.5) is 5.69 Å². The summed E-state index contributed by atoms with van der Waals surface area (Å²) in [5.41, 5.74) is 3.65. The molecule has 3 N–H and O–H groups in total. The Morgan fingerprint density at radius 3 is 2.16 bits per heavy atom. The number of hydrazine groups is 1. The molecule has 0 radical (unpaired) electrons. The number of ketones is 1. The maximum absolute atomic E-state index is 13.1. The summed E-state index contributed by atoms with van der Waals surface area (Å²) < 4.78 is 31.7. The largest absolute Gasteiger partial charge is 0.294 e. The molecule has 2 aliphatic rings. The lowest BCUT2D eigenvalue weighted by atomic mass is 9.86. The Morgan fingerprint density at radius 1 is 0.968 bits per heavy atom. The van der Waals surface area contributed by atoms with Crippen LogP contribution in [0.15, 0.2) is 92.7 Å². The molecular formula is C21H17ClN4O4S. The molecule has 158 valence electrons. The molecule has 0 aromatic heterocycles. The minimum atomic E-state index is -4.32. The van der Waals surface area contributed by atoms with E-state index in [-0.39, 0.29) is 10.7 Å². The highest BCUT2D eigenvalue weighted by atomic mass is 35.5. The zero-order valence-electron chi connectivity index (χ0n) is 16.1. The molecule has 0 bridgehead atoms. The molecule has 0 unspecified atom stereocenters. The van der Waals surface area contributed by atoms with Gasteiger partial charge in [0.15, 0.2) is 5.78 Å². The van der Waals surface area contributed by atoms with E-state index in [1.807, 2.05) is 12.1 Å². The molecule has 8 nitrogen and oxygen atoms in total. The Morgan fingerprint density at radius 2 is 1.58 bits per heavy atom. The number of nitrogens with zero attached hydrogens (tertiary/aromatic N) is 3. The predicted molar refractivity (Wildman–Crippen MR) is 117 cm³/mol. The van der Waals surface area contributed by atoms with Crippen molar-refractivity contribution >= 4 is 38.8 Å². The Balaban J connectivity index is 1.76. The Hall–Kier alpha value is -3.11. The average molecular weight is 457 g/mol. The van der Waals surface area contributed by atoms with Crippen LogP contribution in [0.1, 0.15) is 5.56 Å². The first-order valence-electron chi connectivity index (χ1n) is 9.16. The zero-order valence-corrected chi connectivity index (χ0v) is 17.6. The van der Waals surface area contributed by atoms with Crippen molar-refractivity contribution in [1.82, 2.24) is 0 Å². The summed E-state index contributed by atoms with van der Waals surface area (Å²) in [5, 5.41) is 9.82. The number of anilines is 1. The van der Waals surface area contributed by atoms with Crippen molar-refractivity contribution < 1.29 is 17.8 Å². The lowest BCUT2D eigenvalue weighted by Gasteiger charge is -2.25. The monoisotopic (exact) mass is 456 g/mol. The van der Waals surface area contributed by atoms with Gasteiger partial charge in [-0.3, -0.25) is 14.4 Å². The first-order valence-corrected chi connectivity index (χ1v) is 11.0. The molecule has 2 aromatic carbocycles. The summed E-state index contributed by atoms with van der Waals surface area (Å²) in [7, 11) is -4.32. The highest BCUT2D eigenvalue weighted by Gasteiger charge is 2.26. The molecule has 10 heteroatoms. The third kappa shape index (κ3) is 4.35. The number of carbonyl (C=O) groups is 1. The maximum Gasteiger partial charge on any atom is 0.294 e. The van der Waals surface area contributed by atoms with Crippen LogP contribution >= 0.6 is 11.6 Å². The lowest BCUT2D eigenvalue weighted by molar-refractivity contribution is -0.111. The van der Waals surface area contributed by atoms with Crippen molar-refractivity contribution in [3.8, 4) is 0 Å². The van der Waals surface area contributed by atoms with E-state index in [4.69, 9.17) is 22.0 Å². The minimum absolute atomic E-state index is 0.227. The van der Waals surface area contributed by atoms with Crippen LogP contribution in [0.2, 0.25) is 5.02 Å². The second kappa shape index (κ2) is 8.20. The molecule has 0 atom stereocenters. The van der Waals surface area contributed by atoms with Crippen molar-refractivity contribution in [3.05, 3.63) is 88.1 Å². The van der Waals surface area contributed by atoms with E-state index < -0.39 is 10.1 Å². The van der Waals surface area contributed by atoms with Gasteiger partial charge in [0.25, 0.3) is 10.1 Å². The fraction of sp³-hybridized carbons (Fsp3) is 0.0952. The number of hydrogen-bond acceptors (Lipinski definition) is 7. The number of azo groups is 1. The van der Waals surface area contributed by atoms with E-state index in [0.29, 0.717) is 40.6 Å². The van der Waals surface area contributed by atoms with E-state index in [1.54, 1.807) is 18.2 Å². The van der Waals surface area contributed by atoms with Gasteiger partial charge < -0.3 is 0 Å². The Labute approximate surface area is 183 Å². The zero-order chi connectivity index (χ0) is 22.2. The van der Waals surface area contributed by atoms with Crippen LogP contribution in [-0.2, 0) is 14.9 Å². The molecule has 4 rings (SSSR count). The quantitative estimate of drug-likeness (QED) is 0.313. The highest BCUT2D eigenvalue weighted by molar-refractivity contribution is 7.85. The van der Waals surface area contributed by atoms with Gasteiger partial charge in [0.2, 0.25) is 0 Å². The molecule has 2 aromatic rings. The van der Waals surface area contributed by atoms with Gasteiger partial charge in [-0.15, -0.1) is 0 Å². The van der Waals surface area contributed by atoms with E-state index in [9.17, 15) is 13.2 Å². The van der Waals surface area contributed by atoms with Crippen LogP contribution < -0.4 is 10.9 Å². The number of nitrogens with two attached hydrogens (primary N) is 1. The molecule has 31 heavy (non-hydrogen) atoms. The standard InChI is InChI=1S/C21H17ClN4O4S/c22-15-3-1-13(2-4-15)19-9-17(10-20(27)21(19)14-11-24-25-12-14)26(23)16-5-7-18(8-6-16)31(28,29)30/h1-10H,11-12,23H2,(H,28,29,30). The average Bonchev–Trinajstić information content (AvgIpc) is 3.27. The summed E-state index contributed by atoms with van der Waals surface area (Å²) in [6.07, 6.45) is 3.19. The molecular weight excluding hydrogens is 440 g/mol. The van der Waals surface area contributed by atoms with Gasteiger partial charge in [-0.2, -0.15) is 18.6 Å². The SMILES string of the molecule is NN(C1=CC(=O)C(=C2CN=NC2)C(c2ccc(Cl)cc2)=C1)c1ccc(S(=O)(=O)O)cc1. The summed E-state index contributed by atoms with van der Waals surface area (Å²) >= 11 is 6.02. The van der Waals surface area contributed by atoms with Crippen LogP contribution in [-0.4, -0.2) is 31.8 Å². The number of hydrogen-bond donors (Lipinski definition) is 2. The predicted octanol–water partition coefficient (Wildman–Crippen LogP) is 3.58. The number of carbonyl (C=O) groups excluding carboxylic acids is 1. The molecule has 0 spiro atoms. The van der Waals surface area contributed by atoms with E-state index in [2.05, 4.69) is 10.2 Å².